The Hall–Kier alpha value is -3.58. The van der Waals surface area contributed by atoms with Crippen molar-refractivity contribution >= 4 is 17.4 Å². The summed E-state index contributed by atoms with van der Waals surface area (Å²) in [5.41, 5.74) is 9.99. The van der Waals surface area contributed by atoms with Gasteiger partial charge in [0.2, 0.25) is 5.91 Å². The van der Waals surface area contributed by atoms with Crippen LogP contribution in [0.15, 0.2) is 60.7 Å². The second-order valence-electron chi connectivity index (χ2n) is 8.36. The number of benzene rings is 3. The van der Waals surface area contributed by atoms with Gasteiger partial charge in [-0.3, -0.25) is 9.59 Å². The normalized spacial score (nSPS) is 17.9. The molecule has 0 saturated carbocycles. The Morgan fingerprint density at radius 3 is 2.52 bits per heavy atom. The van der Waals surface area contributed by atoms with E-state index in [-0.39, 0.29) is 24.2 Å². The van der Waals surface area contributed by atoms with E-state index in [1.165, 1.54) is 6.92 Å². The van der Waals surface area contributed by atoms with Crippen molar-refractivity contribution in [2.24, 2.45) is 0 Å². The van der Waals surface area contributed by atoms with Crippen LogP contribution in [0.4, 0.5) is 14.5 Å². The number of nitrogens with two attached hydrogens (primary N) is 1. The van der Waals surface area contributed by atoms with E-state index in [0.29, 0.717) is 16.8 Å². The number of nitrogen functional groups attached to an aromatic ring is 1. The minimum absolute atomic E-state index is 0.160. The van der Waals surface area contributed by atoms with E-state index in [2.05, 4.69) is 5.32 Å². The number of carbonyl (C=O) groups is 2. The Labute approximate surface area is 190 Å². The third-order valence-electron chi connectivity index (χ3n) is 5.96. The first-order valence-corrected chi connectivity index (χ1v) is 10.7. The Bertz CT molecular complexity index is 1210. The molecule has 0 bridgehead atoms. The maximum Gasteiger partial charge on any atom is 0.224 e. The van der Waals surface area contributed by atoms with Crippen molar-refractivity contribution in [3.8, 4) is 11.1 Å². The van der Waals surface area contributed by atoms with Gasteiger partial charge in [-0.2, -0.15) is 0 Å². The summed E-state index contributed by atoms with van der Waals surface area (Å²) in [6, 6.07) is 14.7. The van der Waals surface area contributed by atoms with Gasteiger partial charge in [0.1, 0.15) is 11.6 Å². The molecular weight excluding hydrogens is 426 g/mol. The maximum absolute atomic E-state index is 13.4. The molecule has 0 saturated heterocycles. The topological polar surface area (TPSA) is 92.4 Å². The van der Waals surface area contributed by atoms with E-state index in [9.17, 15) is 23.5 Å². The smallest absolute Gasteiger partial charge is 0.224 e. The highest BCUT2D eigenvalue weighted by atomic mass is 19.1. The molecule has 33 heavy (non-hydrogen) atoms. The van der Waals surface area contributed by atoms with Gasteiger partial charge in [0.05, 0.1) is 24.5 Å². The Kier molecular flexibility index (Phi) is 6.24. The van der Waals surface area contributed by atoms with Crippen LogP contribution in [-0.2, 0) is 22.4 Å². The summed E-state index contributed by atoms with van der Waals surface area (Å²) >= 11 is 0. The van der Waals surface area contributed by atoms with Crippen molar-refractivity contribution in [3.63, 3.8) is 0 Å². The first kappa shape index (κ1) is 22.6. The van der Waals surface area contributed by atoms with Gasteiger partial charge in [-0.05, 0) is 47.4 Å². The molecule has 3 aromatic rings. The molecule has 0 fully saturated rings. The lowest BCUT2D eigenvalue weighted by Crippen LogP contribution is -2.44. The van der Waals surface area contributed by atoms with Crippen LogP contribution < -0.4 is 11.1 Å². The SMILES string of the molecule is C[C@H](NC(=O)Cc1cc(F)cc(F)c1)C(=O)C1c2cccc(N)c2-c2ccccc2CC1O. The van der Waals surface area contributed by atoms with Gasteiger partial charge in [0.25, 0.3) is 0 Å². The average molecular weight is 450 g/mol. The summed E-state index contributed by atoms with van der Waals surface area (Å²) in [5, 5.41) is 13.6. The number of rotatable bonds is 5. The standard InChI is InChI=1S/C26H24F2N2O3/c1-14(30-23(32)11-15-9-17(27)13-18(28)10-15)26(33)25-20-7-4-8-21(29)24(20)19-6-3-2-5-16(19)12-22(25)31/h2-10,13-14,22,25,31H,11-12,29H2,1H3,(H,30,32)/t14-,22?,25?/m0/s1. The highest BCUT2D eigenvalue weighted by Crippen LogP contribution is 2.42. The second-order valence-corrected chi connectivity index (χ2v) is 8.36. The van der Waals surface area contributed by atoms with Crippen molar-refractivity contribution in [1.82, 2.24) is 5.32 Å². The van der Waals surface area contributed by atoms with Crippen molar-refractivity contribution in [2.75, 3.05) is 5.73 Å². The lowest BCUT2D eigenvalue weighted by molar-refractivity contribution is -0.129. The lowest BCUT2D eigenvalue weighted by Gasteiger charge is -2.25. The number of halogens is 2. The molecular formula is C26H24F2N2O3. The van der Waals surface area contributed by atoms with E-state index in [1.807, 2.05) is 24.3 Å². The minimum atomic E-state index is -1.02. The zero-order valence-corrected chi connectivity index (χ0v) is 18.0. The second kappa shape index (κ2) is 9.11. The summed E-state index contributed by atoms with van der Waals surface area (Å²) in [4.78, 5) is 25.9. The zero-order chi connectivity index (χ0) is 23.7. The quantitative estimate of drug-likeness (QED) is 0.519. The van der Waals surface area contributed by atoms with Crippen molar-refractivity contribution in [3.05, 3.63) is 89.0 Å². The highest BCUT2D eigenvalue weighted by molar-refractivity contribution is 5.97. The van der Waals surface area contributed by atoms with Crippen molar-refractivity contribution < 1.29 is 23.5 Å². The summed E-state index contributed by atoms with van der Waals surface area (Å²) < 4.78 is 26.8. The molecule has 4 rings (SSSR count). The number of amides is 1. The predicted molar refractivity (Wildman–Crippen MR) is 121 cm³/mol. The van der Waals surface area contributed by atoms with E-state index < -0.39 is 35.6 Å². The number of nitrogens with one attached hydrogen (secondary N) is 1. The van der Waals surface area contributed by atoms with Gasteiger partial charge in [0.15, 0.2) is 5.78 Å². The molecule has 3 aromatic carbocycles. The van der Waals surface area contributed by atoms with E-state index >= 15 is 0 Å². The third-order valence-corrected chi connectivity index (χ3v) is 5.96. The number of aliphatic hydroxyl groups is 1. The molecule has 5 nitrogen and oxygen atoms in total. The van der Waals surface area contributed by atoms with Crippen molar-refractivity contribution in [1.29, 1.82) is 0 Å². The Morgan fingerprint density at radius 1 is 1.09 bits per heavy atom. The molecule has 3 atom stereocenters. The van der Waals surface area contributed by atoms with Gasteiger partial charge in [-0.25, -0.2) is 8.78 Å². The molecule has 1 aliphatic rings. The van der Waals surface area contributed by atoms with Crippen LogP contribution in [0, 0.1) is 11.6 Å². The fourth-order valence-corrected chi connectivity index (χ4v) is 4.53. The molecule has 0 aromatic heterocycles. The molecule has 1 amide bonds. The number of fused-ring (bicyclic) bond motifs is 3. The maximum atomic E-state index is 13.4. The molecule has 1 aliphatic carbocycles. The molecule has 2 unspecified atom stereocenters. The van der Waals surface area contributed by atoms with Crippen LogP contribution in [-0.4, -0.2) is 28.9 Å². The minimum Gasteiger partial charge on any atom is -0.398 e. The molecule has 0 radical (unpaired) electrons. The number of hydrogen-bond donors (Lipinski definition) is 3. The van der Waals surface area contributed by atoms with Gasteiger partial charge in [0, 0.05) is 23.7 Å². The lowest BCUT2D eigenvalue weighted by atomic mass is 9.83. The van der Waals surface area contributed by atoms with Gasteiger partial charge >= 0.3 is 0 Å². The fraction of sp³-hybridized carbons (Fsp3) is 0.231. The van der Waals surface area contributed by atoms with E-state index in [4.69, 9.17) is 5.73 Å². The summed E-state index contributed by atoms with van der Waals surface area (Å²) in [6.07, 6.45) is -1.04. The summed E-state index contributed by atoms with van der Waals surface area (Å²) in [5.74, 6) is -3.40. The van der Waals surface area contributed by atoms with Crippen LogP contribution in [0.25, 0.3) is 11.1 Å². The Morgan fingerprint density at radius 2 is 1.79 bits per heavy atom. The van der Waals surface area contributed by atoms with E-state index in [0.717, 1.165) is 29.3 Å². The number of anilines is 1. The molecule has 0 spiro atoms. The number of Topliss-reactive ketones (excluding diaryl/α,β-unsaturated/α-hetero) is 1. The molecule has 7 heteroatoms. The molecule has 0 aliphatic heterocycles. The number of aliphatic hydroxyl groups excluding tert-OH is 1. The average Bonchev–Trinajstić information content (AvgIpc) is 2.86. The number of hydrogen-bond acceptors (Lipinski definition) is 4. The first-order chi connectivity index (χ1) is 15.7. The summed E-state index contributed by atoms with van der Waals surface area (Å²) in [7, 11) is 0. The Balaban J connectivity index is 1.60. The number of carbonyl (C=O) groups excluding carboxylic acids is 2. The largest absolute Gasteiger partial charge is 0.398 e. The molecule has 0 heterocycles. The predicted octanol–water partition coefficient (Wildman–Crippen LogP) is 3.53. The fourth-order valence-electron chi connectivity index (χ4n) is 4.53. The molecule has 170 valence electrons. The van der Waals surface area contributed by atoms with Crippen LogP contribution in [0.5, 0.6) is 0 Å². The zero-order valence-electron chi connectivity index (χ0n) is 18.0. The number of ketones is 1. The summed E-state index contributed by atoms with van der Waals surface area (Å²) in [6.45, 7) is 1.53. The van der Waals surface area contributed by atoms with Crippen LogP contribution in [0.1, 0.15) is 29.5 Å². The first-order valence-electron chi connectivity index (χ1n) is 10.7. The van der Waals surface area contributed by atoms with Crippen LogP contribution >= 0.6 is 0 Å². The van der Waals surface area contributed by atoms with E-state index in [1.54, 1.807) is 18.2 Å². The highest BCUT2D eigenvalue weighted by Gasteiger charge is 2.37. The van der Waals surface area contributed by atoms with Crippen LogP contribution in [0.2, 0.25) is 0 Å². The third kappa shape index (κ3) is 4.64. The van der Waals surface area contributed by atoms with Gasteiger partial charge < -0.3 is 16.2 Å². The van der Waals surface area contributed by atoms with Crippen molar-refractivity contribution in [2.45, 2.75) is 37.8 Å². The monoisotopic (exact) mass is 450 g/mol. The van der Waals surface area contributed by atoms with Gasteiger partial charge in [-0.15, -0.1) is 0 Å². The van der Waals surface area contributed by atoms with Gasteiger partial charge in [-0.1, -0.05) is 36.4 Å². The van der Waals surface area contributed by atoms with Crippen LogP contribution in [0.3, 0.4) is 0 Å². The molecule has 4 N–H and O–H groups in total.